The van der Waals surface area contributed by atoms with Crippen molar-refractivity contribution >= 4 is 19.4 Å². The van der Waals surface area contributed by atoms with Crippen LogP contribution in [0.2, 0.25) is 0 Å². The number of ketones is 2. The Balaban J connectivity index is 1.64. The van der Waals surface area contributed by atoms with Gasteiger partial charge < -0.3 is 29.1 Å². The van der Waals surface area contributed by atoms with E-state index in [9.17, 15) is 34.2 Å². The van der Waals surface area contributed by atoms with Crippen LogP contribution >= 0.6 is 7.82 Å². The molecule has 7 atom stereocenters. The van der Waals surface area contributed by atoms with E-state index in [1.54, 1.807) is 13.0 Å². The third-order valence-electron chi connectivity index (χ3n) is 8.86. The van der Waals surface area contributed by atoms with Crippen LogP contribution in [0, 0.1) is 28.6 Å². The molecule has 0 spiro atoms. The van der Waals surface area contributed by atoms with Crippen molar-refractivity contribution < 1.29 is 38.7 Å². The summed E-state index contributed by atoms with van der Waals surface area (Å²) in [7, 11) is -5.33. The summed E-state index contributed by atoms with van der Waals surface area (Å²) in [4.78, 5) is 46.3. The maximum Gasteiger partial charge on any atom is 0.190 e. The van der Waals surface area contributed by atoms with Crippen molar-refractivity contribution in [1.29, 1.82) is 0 Å². The highest BCUT2D eigenvalue weighted by atomic mass is 31.2. The van der Waals surface area contributed by atoms with E-state index in [0.29, 0.717) is 19.3 Å². The van der Waals surface area contributed by atoms with Crippen molar-refractivity contribution in [2.45, 2.75) is 70.5 Å². The summed E-state index contributed by atoms with van der Waals surface area (Å²) >= 11 is 0. The van der Waals surface area contributed by atoms with Crippen LogP contribution in [-0.2, 0) is 18.7 Å². The van der Waals surface area contributed by atoms with Gasteiger partial charge in [0.05, 0.1) is 13.9 Å². The molecule has 0 heterocycles. The molecule has 0 aromatic carbocycles. The summed E-state index contributed by atoms with van der Waals surface area (Å²) in [5.41, 5.74) is -1.96. The minimum Gasteiger partial charge on any atom is -0.790 e. The van der Waals surface area contributed by atoms with Gasteiger partial charge in [0, 0.05) is 11.8 Å². The number of phosphoric acid groups is 1. The maximum atomic E-state index is 12.8. The lowest BCUT2D eigenvalue weighted by molar-refractivity contribution is -0.341. The lowest BCUT2D eigenvalue weighted by Crippen LogP contribution is -2.62. The number of carbonyl (C=O) groups excluding carboxylic acids is 2. The molecule has 4 rings (SSSR count). The fourth-order valence-electron chi connectivity index (χ4n) is 7.41. The number of carbonyl (C=O) groups is 2. The molecular weight excluding hydrogens is 411 g/mol. The van der Waals surface area contributed by atoms with E-state index in [1.165, 1.54) is 0 Å². The Hall–Kier alpha value is -0.890. The highest BCUT2D eigenvalue weighted by Crippen LogP contribution is 2.67. The van der Waals surface area contributed by atoms with Gasteiger partial charge in [-0.1, -0.05) is 19.4 Å². The average molecular weight is 440 g/mol. The Labute approximate surface area is 175 Å². The van der Waals surface area contributed by atoms with Crippen LogP contribution in [-0.4, -0.2) is 40.1 Å². The summed E-state index contributed by atoms with van der Waals surface area (Å²) in [5, 5.41) is 22.6. The van der Waals surface area contributed by atoms with Crippen LogP contribution < -0.4 is 9.79 Å². The van der Waals surface area contributed by atoms with E-state index in [1.807, 2.05) is 0 Å². The smallest absolute Gasteiger partial charge is 0.190 e. The fraction of sp³-hybridized carbons (Fsp3) is 0.810. The molecule has 3 fully saturated rings. The number of hydrogen-bond acceptors (Lipinski definition) is 8. The number of allylic oxidation sites excluding steroid dienone is 1. The lowest BCUT2D eigenvalue weighted by atomic mass is 9.45. The van der Waals surface area contributed by atoms with E-state index in [-0.39, 0.29) is 41.8 Å². The van der Waals surface area contributed by atoms with E-state index in [2.05, 4.69) is 11.4 Å². The molecule has 4 aliphatic rings. The SMILES string of the molecule is C[C@]12CCC(=O)C=C1CC[C@@H]1[C@@H]2C(O)C[C@@]2(C)[C@H]1CC[C@]2(O)C(=O)COP(=O)([O-])[O-]. The molecule has 0 aliphatic heterocycles. The van der Waals surface area contributed by atoms with E-state index < -0.39 is 37.3 Å². The monoisotopic (exact) mass is 440 g/mol. The van der Waals surface area contributed by atoms with Gasteiger partial charge in [-0.15, -0.1) is 0 Å². The van der Waals surface area contributed by atoms with Crippen molar-refractivity contribution in [3.63, 3.8) is 0 Å². The number of phosphoric ester groups is 1. The normalized spacial score (nSPS) is 45.9. The first-order valence-corrected chi connectivity index (χ1v) is 12.1. The van der Waals surface area contributed by atoms with Crippen molar-refractivity contribution in [3.8, 4) is 0 Å². The molecule has 0 bridgehead atoms. The molecule has 1 unspecified atom stereocenters. The molecule has 0 radical (unpaired) electrons. The van der Waals surface area contributed by atoms with Crippen molar-refractivity contribution in [2.75, 3.05) is 6.61 Å². The Kier molecular flexibility index (Phi) is 5.25. The lowest BCUT2D eigenvalue weighted by Gasteiger charge is -2.60. The van der Waals surface area contributed by atoms with Gasteiger partial charge in [-0.25, -0.2) is 0 Å². The maximum absolute atomic E-state index is 12.8. The summed E-state index contributed by atoms with van der Waals surface area (Å²) in [6.07, 6.45) is 4.59. The Morgan fingerprint density at radius 1 is 1.27 bits per heavy atom. The van der Waals surface area contributed by atoms with Gasteiger partial charge >= 0.3 is 0 Å². The summed E-state index contributed by atoms with van der Waals surface area (Å²) in [6.45, 7) is 2.92. The summed E-state index contributed by atoms with van der Waals surface area (Å²) in [6, 6.07) is 0. The Morgan fingerprint density at radius 3 is 2.63 bits per heavy atom. The van der Waals surface area contributed by atoms with Gasteiger partial charge in [0.2, 0.25) is 0 Å². The molecule has 0 saturated heterocycles. The van der Waals surface area contributed by atoms with Gasteiger partial charge in [-0.05, 0) is 67.8 Å². The number of Topliss-reactive ketones (excluding diaryl/α,β-unsaturated/α-hetero) is 1. The molecule has 30 heavy (non-hydrogen) atoms. The second-order valence-corrected chi connectivity index (χ2v) is 11.3. The standard InChI is InChI=1S/C21H31O8P/c1-19-7-5-13(22)9-12(19)3-4-14-15-6-8-21(25,17(24)11-29-30(26,27)28)20(15,2)10-16(23)18(14)19/h9,14-16,18,23,25H,3-8,10-11H2,1-2H3,(H2,26,27,28)/p-2/t14-,15-,16?,18+,19-,20-,21-/m0/s1. The Bertz CT molecular complexity index is 848. The first-order valence-electron chi connectivity index (χ1n) is 10.7. The van der Waals surface area contributed by atoms with E-state index >= 15 is 0 Å². The molecule has 8 nitrogen and oxygen atoms in total. The molecule has 4 aliphatic carbocycles. The fourth-order valence-corrected chi connectivity index (χ4v) is 7.68. The molecule has 168 valence electrons. The molecule has 0 amide bonds. The van der Waals surface area contributed by atoms with Crippen LogP contribution in [0.1, 0.15) is 58.8 Å². The van der Waals surface area contributed by atoms with Crippen LogP contribution in [0.15, 0.2) is 11.6 Å². The first kappa shape index (κ1) is 22.3. The van der Waals surface area contributed by atoms with Gasteiger partial charge in [-0.2, -0.15) is 0 Å². The summed E-state index contributed by atoms with van der Waals surface area (Å²) < 4.78 is 15.0. The number of aliphatic hydroxyl groups excluding tert-OH is 1. The van der Waals surface area contributed by atoms with Gasteiger partial charge in [-0.3, -0.25) is 9.59 Å². The predicted molar refractivity (Wildman–Crippen MR) is 102 cm³/mol. The van der Waals surface area contributed by atoms with E-state index in [0.717, 1.165) is 18.4 Å². The quantitative estimate of drug-likeness (QED) is 0.605. The van der Waals surface area contributed by atoms with Gasteiger partial charge in [0.25, 0.3) is 0 Å². The van der Waals surface area contributed by atoms with Gasteiger partial charge in [0.15, 0.2) is 11.6 Å². The third kappa shape index (κ3) is 3.19. The second kappa shape index (κ2) is 7.06. The van der Waals surface area contributed by atoms with E-state index in [4.69, 9.17) is 0 Å². The third-order valence-corrected chi connectivity index (χ3v) is 9.31. The van der Waals surface area contributed by atoms with Crippen molar-refractivity contribution in [2.24, 2.45) is 28.6 Å². The van der Waals surface area contributed by atoms with Crippen LogP contribution in [0.25, 0.3) is 0 Å². The zero-order chi connectivity index (χ0) is 22.1. The van der Waals surface area contributed by atoms with Gasteiger partial charge in [0.1, 0.15) is 12.2 Å². The average Bonchev–Trinajstić information content (AvgIpc) is 2.91. The van der Waals surface area contributed by atoms with Crippen LogP contribution in [0.4, 0.5) is 0 Å². The highest BCUT2D eigenvalue weighted by molar-refractivity contribution is 7.43. The Morgan fingerprint density at radius 2 is 1.97 bits per heavy atom. The van der Waals surface area contributed by atoms with Crippen LogP contribution in [0.5, 0.6) is 0 Å². The summed E-state index contributed by atoms with van der Waals surface area (Å²) in [5.74, 6) is -0.688. The number of hydrogen-bond donors (Lipinski definition) is 2. The number of aliphatic hydroxyl groups is 2. The molecular formula is C21H29O8P-2. The number of rotatable bonds is 4. The zero-order valence-corrected chi connectivity index (χ0v) is 18.2. The second-order valence-electron chi connectivity index (χ2n) is 10.1. The van der Waals surface area contributed by atoms with Crippen molar-refractivity contribution in [3.05, 3.63) is 11.6 Å². The molecule has 9 heteroatoms. The first-order chi connectivity index (χ1) is 13.8. The topological polar surface area (TPSA) is 147 Å². The highest BCUT2D eigenvalue weighted by Gasteiger charge is 2.68. The minimum atomic E-state index is -5.33. The molecule has 2 N–H and O–H groups in total. The predicted octanol–water partition coefficient (Wildman–Crippen LogP) is 0.635. The van der Waals surface area contributed by atoms with Crippen LogP contribution in [0.3, 0.4) is 0 Å². The largest absolute Gasteiger partial charge is 0.790 e. The zero-order valence-electron chi connectivity index (χ0n) is 17.3. The molecule has 0 aromatic rings. The van der Waals surface area contributed by atoms with Crippen molar-refractivity contribution in [1.82, 2.24) is 0 Å². The number of fused-ring (bicyclic) bond motifs is 5. The molecule has 0 aromatic heterocycles. The molecule has 3 saturated carbocycles. The minimum absolute atomic E-state index is 0.0258.